The molecule has 0 aromatic heterocycles. The highest BCUT2D eigenvalue weighted by Crippen LogP contribution is 2.30. The van der Waals surface area contributed by atoms with Crippen LogP contribution in [-0.4, -0.2) is 70.4 Å². The van der Waals surface area contributed by atoms with Crippen LogP contribution in [0.3, 0.4) is 0 Å². The summed E-state index contributed by atoms with van der Waals surface area (Å²) in [6.07, 6.45) is 1.83. The molecule has 0 bridgehead atoms. The van der Waals surface area contributed by atoms with Gasteiger partial charge in [0.15, 0.2) is 0 Å². The Morgan fingerprint density at radius 2 is 2.04 bits per heavy atom. The van der Waals surface area contributed by atoms with Crippen LogP contribution < -0.4 is 9.64 Å². The fourth-order valence-electron chi connectivity index (χ4n) is 3.06. The van der Waals surface area contributed by atoms with E-state index < -0.39 is 0 Å². The molecule has 0 saturated carbocycles. The van der Waals surface area contributed by atoms with Gasteiger partial charge in [-0.25, -0.2) is 0 Å². The van der Waals surface area contributed by atoms with Crippen molar-refractivity contribution in [3.8, 4) is 5.75 Å². The predicted molar refractivity (Wildman–Crippen MR) is 98.6 cm³/mol. The number of nitrogens with zero attached hydrogens (tertiary/aromatic N) is 2. The number of anilines is 1. The van der Waals surface area contributed by atoms with Crippen molar-refractivity contribution in [3.05, 3.63) is 23.8 Å². The Balaban J connectivity index is 2.08. The Bertz CT molecular complexity index is 620. The summed E-state index contributed by atoms with van der Waals surface area (Å²) in [6, 6.07) is 5.78. The van der Waals surface area contributed by atoms with Gasteiger partial charge >= 0.3 is 5.97 Å². The molecule has 0 N–H and O–H groups in total. The molecule has 0 atom stereocenters. The van der Waals surface area contributed by atoms with Gasteiger partial charge in [-0.1, -0.05) is 0 Å². The topological polar surface area (TPSA) is 68.3 Å². The molecule has 0 saturated heterocycles. The molecular formula is C19H28N2O5. The van der Waals surface area contributed by atoms with Crippen molar-refractivity contribution < 1.29 is 23.8 Å². The number of carbonyl (C=O) groups is 2. The molecule has 1 heterocycles. The zero-order chi connectivity index (χ0) is 18.9. The summed E-state index contributed by atoms with van der Waals surface area (Å²) in [5, 5.41) is 0. The van der Waals surface area contributed by atoms with Crippen molar-refractivity contribution in [3.63, 3.8) is 0 Å². The van der Waals surface area contributed by atoms with Crippen LogP contribution >= 0.6 is 0 Å². The molecule has 1 aliphatic heterocycles. The monoisotopic (exact) mass is 364 g/mol. The van der Waals surface area contributed by atoms with E-state index in [9.17, 15) is 9.59 Å². The molecule has 2 rings (SSSR count). The molecule has 0 radical (unpaired) electrons. The lowest BCUT2D eigenvalue weighted by Crippen LogP contribution is -2.45. The first-order chi connectivity index (χ1) is 12.6. The molecule has 0 fully saturated rings. The Hall–Kier alpha value is -2.12. The van der Waals surface area contributed by atoms with Gasteiger partial charge in [-0.2, -0.15) is 0 Å². The lowest BCUT2D eigenvalue weighted by atomic mass is 10.0. The van der Waals surface area contributed by atoms with E-state index in [4.69, 9.17) is 14.2 Å². The van der Waals surface area contributed by atoms with E-state index in [1.807, 2.05) is 18.2 Å². The third kappa shape index (κ3) is 5.44. The van der Waals surface area contributed by atoms with Crippen LogP contribution in [0.2, 0.25) is 0 Å². The van der Waals surface area contributed by atoms with E-state index >= 15 is 0 Å². The highest BCUT2D eigenvalue weighted by atomic mass is 16.5. The number of hydrogen-bond donors (Lipinski definition) is 0. The molecule has 0 unspecified atom stereocenters. The quantitative estimate of drug-likeness (QED) is 0.619. The van der Waals surface area contributed by atoms with Crippen LogP contribution in [0.25, 0.3) is 0 Å². The van der Waals surface area contributed by atoms with Gasteiger partial charge in [-0.15, -0.1) is 0 Å². The first-order valence-electron chi connectivity index (χ1n) is 8.93. The summed E-state index contributed by atoms with van der Waals surface area (Å²) in [4.78, 5) is 28.2. The first kappa shape index (κ1) is 20.2. The highest BCUT2D eigenvalue weighted by molar-refractivity contribution is 5.96. The second kappa shape index (κ2) is 10.1. The second-order valence-corrected chi connectivity index (χ2v) is 6.15. The molecular weight excluding hydrogens is 336 g/mol. The molecule has 144 valence electrons. The van der Waals surface area contributed by atoms with E-state index in [-0.39, 0.29) is 25.0 Å². The minimum Gasteiger partial charge on any atom is -0.497 e. The maximum atomic E-state index is 12.9. The predicted octanol–water partition coefficient (Wildman–Crippen LogP) is 1.49. The Morgan fingerprint density at radius 3 is 2.73 bits per heavy atom. The molecule has 7 heteroatoms. The van der Waals surface area contributed by atoms with E-state index in [0.717, 1.165) is 29.8 Å². The summed E-state index contributed by atoms with van der Waals surface area (Å²) in [6.45, 7) is 3.92. The van der Waals surface area contributed by atoms with Crippen LogP contribution in [0, 0.1) is 0 Å². The summed E-state index contributed by atoms with van der Waals surface area (Å²) in [7, 11) is 3.23. The summed E-state index contributed by atoms with van der Waals surface area (Å²) < 4.78 is 15.4. The number of rotatable bonds is 9. The number of ether oxygens (including phenoxy) is 3. The van der Waals surface area contributed by atoms with E-state index in [2.05, 4.69) is 0 Å². The van der Waals surface area contributed by atoms with Crippen molar-refractivity contribution in [2.24, 2.45) is 0 Å². The van der Waals surface area contributed by atoms with Crippen molar-refractivity contribution in [1.29, 1.82) is 0 Å². The van der Waals surface area contributed by atoms with Gasteiger partial charge < -0.3 is 19.1 Å². The van der Waals surface area contributed by atoms with E-state index in [0.29, 0.717) is 26.3 Å². The summed E-state index contributed by atoms with van der Waals surface area (Å²) in [5.74, 6) is 0.429. The molecule has 0 spiro atoms. The number of aryl methyl sites for hydroxylation is 1. The average molecular weight is 364 g/mol. The standard InChI is InChI=1S/C19H28N2O5/c1-4-26-19(23)14-20(10-11-24-2)13-18(22)21-9-5-6-15-12-16(25-3)7-8-17(15)21/h7-8,12H,4-6,9-11,13-14H2,1-3H3. The van der Waals surface area contributed by atoms with Gasteiger partial charge in [-0.05, 0) is 43.5 Å². The van der Waals surface area contributed by atoms with E-state index in [1.54, 1.807) is 30.9 Å². The fraction of sp³-hybridized carbons (Fsp3) is 0.579. The minimum absolute atomic E-state index is 0.0310. The number of hydrogen-bond acceptors (Lipinski definition) is 6. The number of fused-ring (bicyclic) bond motifs is 1. The van der Waals surface area contributed by atoms with Crippen LogP contribution in [0.1, 0.15) is 18.9 Å². The van der Waals surface area contributed by atoms with Crippen molar-refractivity contribution in [1.82, 2.24) is 4.90 Å². The normalized spacial score (nSPS) is 13.5. The Labute approximate surface area is 154 Å². The molecule has 1 amide bonds. The van der Waals surface area contributed by atoms with Crippen molar-refractivity contribution in [2.45, 2.75) is 19.8 Å². The smallest absolute Gasteiger partial charge is 0.320 e. The Kier molecular flexibility index (Phi) is 7.87. The van der Waals surface area contributed by atoms with Gasteiger partial charge in [0.05, 0.1) is 33.4 Å². The maximum Gasteiger partial charge on any atom is 0.320 e. The summed E-state index contributed by atoms with van der Waals surface area (Å²) in [5.41, 5.74) is 2.03. The van der Waals surface area contributed by atoms with E-state index in [1.165, 1.54) is 0 Å². The zero-order valence-corrected chi connectivity index (χ0v) is 15.8. The van der Waals surface area contributed by atoms with Gasteiger partial charge in [0.1, 0.15) is 5.75 Å². The van der Waals surface area contributed by atoms with Crippen LogP contribution in [0.5, 0.6) is 5.75 Å². The van der Waals surface area contributed by atoms with Gasteiger partial charge in [0.2, 0.25) is 5.91 Å². The van der Waals surface area contributed by atoms with Gasteiger partial charge in [-0.3, -0.25) is 14.5 Å². The maximum absolute atomic E-state index is 12.9. The molecule has 0 aliphatic carbocycles. The van der Waals surface area contributed by atoms with Crippen LogP contribution in [-0.2, 0) is 25.5 Å². The number of methoxy groups -OCH3 is 2. The third-order valence-electron chi connectivity index (χ3n) is 4.33. The Morgan fingerprint density at radius 1 is 1.23 bits per heavy atom. The second-order valence-electron chi connectivity index (χ2n) is 6.15. The molecule has 26 heavy (non-hydrogen) atoms. The molecule has 7 nitrogen and oxygen atoms in total. The SMILES string of the molecule is CCOC(=O)CN(CCOC)CC(=O)N1CCCc2cc(OC)ccc21. The van der Waals surface area contributed by atoms with Gasteiger partial charge in [0.25, 0.3) is 0 Å². The van der Waals surface area contributed by atoms with Crippen LogP contribution in [0.4, 0.5) is 5.69 Å². The molecule has 1 aromatic carbocycles. The first-order valence-corrected chi connectivity index (χ1v) is 8.93. The molecule has 1 aromatic rings. The number of esters is 1. The number of amides is 1. The lowest BCUT2D eigenvalue weighted by molar-refractivity contribution is -0.144. The van der Waals surface area contributed by atoms with Crippen LogP contribution in [0.15, 0.2) is 18.2 Å². The van der Waals surface area contributed by atoms with Gasteiger partial charge in [0, 0.05) is 25.9 Å². The van der Waals surface area contributed by atoms with Crippen molar-refractivity contribution in [2.75, 3.05) is 58.5 Å². The number of carbonyl (C=O) groups excluding carboxylic acids is 2. The largest absolute Gasteiger partial charge is 0.497 e. The minimum atomic E-state index is -0.333. The van der Waals surface area contributed by atoms with Crippen molar-refractivity contribution >= 4 is 17.6 Å². The fourth-order valence-corrected chi connectivity index (χ4v) is 3.06. The zero-order valence-electron chi connectivity index (χ0n) is 15.8. The lowest BCUT2D eigenvalue weighted by Gasteiger charge is -2.31. The number of benzene rings is 1. The average Bonchev–Trinajstić information content (AvgIpc) is 2.65. The summed E-state index contributed by atoms with van der Waals surface area (Å²) >= 11 is 0. The third-order valence-corrected chi connectivity index (χ3v) is 4.33. The highest BCUT2D eigenvalue weighted by Gasteiger charge is 2.25. The molecule has 1 aliphatic rings.